The van der Waals surface area contributed by atoms with Gasteiger partial charge in [-0.05, 0) is 68.3 Å². The molecule has 0 fully saturated rings. The van der Waals surface area contributed by atoms with Crippen LogP contribution in [0.2, 0.25) is 0 Å². The molecule has 1 aliphatic heterocycles. The van der Waals surface area contributed by atoms with Crippen molar-refractivity contribution in [3.8, 4) is 11.5 Å². The maximum absolute atomic E-state index is 14.0. The molecule has 1 unspecified atom stereocenters. The number of carbonyl (C=O) groups is 1. The molecule has 0 bridgehead atoms. The third-order valence-corrected chi connectivity index (χ3v) is 6.97. The van der Waals surface area contributed by atoms with E-state index in [-0.39, 0.29) is 12.1 Å². The number of rotatable bonds is 3. The van der Waals surface area contributed by atoms with Crippen molar-refractivity contribution in [3.05, 3.63) is 131 Å². The van der Waals surface area contributed by atoms with E-state index in [1.165, 1.54) is 0 Å². The van der Waals surface area contributed by atoms with Crippen LogP contribution in [0.15, 0.2) is 97.2 Å². The van der Waals surface area contributed by atoms with Gasteiger partial charge in [-0.1, -0.05) is 60.2 Å². The second kappa shape index (κ2) is 9.13. The van der Waals surface area contributed by atoms with Crippen LogP contribution in [0.25, 0.3) is 11.5 Å². The van der Waals surface area contributed by atoms with E-state index in [1.807, 2.05) is 72.0 Å². The van der Waals surface area contributed by atoms with Gasteiger partial charge < -0.3 is 14.8 Å². The van der Waals surface area contributed by atoms with Gasteiger partial charge in [-0.2, -0.15) is 5.10 Å². The van der Waals surface area contributed by atoms with Crippen LogP contribution in [0.4, 0.5) is 10.5 Å². The van der Waals surface area contributed by atoms with Crippen molar-refractivity contribution in [1.29, 1.82) is 0 Å². The number of nitrogens with zero attached hydrogens (tertiary/aromatic N) is 4. The van der Waals surface area contributed by atoms with E-state index in [4.69, 9.17) is 5.10 Å². The van der Waals surface area contributed by atoms with Crippen LogP contribution in [0.5, 0.6) is 0 Å². The van der Waals surface area contributed by atoms with Crippen molar-refractivity contribution >= 4 is 11.7 Å². The van der Waals surface area contributed by atoms with Crippen LogP contribution in [0.3, 0.4) is 0 Å². The predicted octanol–water partition coefficient (Wildman–Crippen LogP) is 6.73. The SMILES string of the molecule is Cc1cccc(NC(=O)N2Cc3c(C)nn(-c4ccccc4)c3-n3cccc3C2c2cccc(C)c2)c1. The second-order valence-electron chi connectivity index (χ2n) is 9.68. The van der Waals surface area contributed by atoms with Gasteiger partial charge in [0.1, 0.15) is 5.82 Å². The first-order chi connectivity index (χ1) is 18.0. The molecule has 0 aliphatic carbocycles. The van der Waals surface area contributed by atoms with Crippen molar-refractivity contribution < 1.29 is 4.79 Å². The third-order valence-electron chi connectivity index (χ3n) is 6.97. The highest BCUT2D eigenvalue weighted by atomic mass is 16.2. The Morgan fingerprint density at radius 2 is 1.62 bits per heavy atom. The molecule has 6 heteroatoms. The van der Waals surface area contributed by atoms with Crippen LogP contribution in [-0.4, -0.2) is 25.3 Å². The predicted molar refractivity (Wildman–Crippen MR) is 146 cm³/mol. The normalized spacial score (nSPS) is 14.6. The maximum atomic E-state index is 14.0. The van der Waals surface area contributed by atoms with E-state index in [1.54, 1.807) is 0 Å². The zero-order valence-electron chi connectivity index (χ0n) is 21.2. The Labute approximate surface area is 216 Å². The fourth-order valence-electron chi connectivity index (χ4n) is 5.26. The van der Waals surface area contributed by atoms with Crippen molar-refractivity contribution in [2.75, 3.05) is 5.32 Å². The summed E-state index contributed by atoms with van der Waals surface area (Å²) in [4.78, 5) is 15.9. The molecule has 6 nitrogen and oxygen atoms in total. The van der Waals surface area contributed by atoms with E-state index in [9.17, 15) is 4.79 Å². The molecule has 0 saturated heterocycles. The third kappa shape index (κ3) is 4.10. The number of nitrogens with one attached hydrogen (secondary N) is 1. The Balaban J connectivity index is 1.54. The van der Waals surface area contributed by atoms with Crippen LogP contribution in [0, 0.1) is 20.8 Å². The fraction of sp³-hybridized carbons (Fsp3) is 0.161. The van der Waals surface area contributed by atoms with Crippen LogP contribution in [0.1, 0.15) is 39.7 Å². The average Bonchev–Trinajstić information content (AvgIpc) is 3.45. The number of anilines is 1. The molecule has 5 aromatic rings. The quantitative estimate of drug-likeness (QED) is 0.307. The van der Waals surface area contributed by atoms with Crippen molar-refractivity contribution in [2.24, 2.45) is 0 Å². The van der Waals surface area contributed by atoms with E-state index in [2.05, 4.69) is 65.5 Å². The van der Waals surface area contributed by atoms with Gasteiger partial charge in [0.15, 0.2) is 0 Å². The molecule has 37 heavy (non-hydrogen) atoms. The molecule has 1 N–H and O–H groups in total. The zero-order chi connectivity index (χ0) is 25.5. The standard InChI is InChI=1S/C31H29N5O/c1-21-10-7-12-24(18-21)29-28-16-9-17-34(28)30-27(23(3)33-36(30)26-14-5-4-6-15-26)20-35(29)31(37)32-25-13-8-11-22(2)19-25/h4-19,29H,20H2,1-3H3,(H,32,37). The lowest BCUT2D eigenvalue weighted by Crippen LogP contribution is -2.38. The summed E-state index contributed by atoms with van der Waals surface area (Å²) in [6.45, 7) is 6.55. The average molecular weight is 488 g/mol. The molecule has 2 aromatic heterocycles. The summed E-state index contributed by atoms with van der Waals surface area (Å²) in [6, 6.07) is 30.2. The molecule has 184 valence electrons. The zero-order valence-corrected chi connectivity index (χ0v) is 21.2. The minimum absolute atomic E-state index is 0.149. The number of aromatic nitrogens is 3. The Morgan fingerprint density at radius 3 is 2.38 bits per heavy atom. The highest BCUT2D eigenvalue weighted by Gasteiger charge is 2.36. The molecule has 3 heterocycles. The first-order valence-electron chi connectivity index (χ1n) is 12.5. The summed E-state index contributed by atoms with van der Waals surface area (Å²) >= 11 is 0. The van der Waals surface area contributed by atoms with Crippen molar-refractivity contribution in [2.45, 2.75) is 33.4 Å². The van der Waals surface area contributed by atoms with Crippen LogP contribution in [-0.2, 0) is 6.54 Å². The minimum atomic E-state index is -0.282. The molecule has 6 rings (SSSR count). The van der Waals surface area contributed by atoms with E-state index in [0.29, 0.717) is 6.54 Å². The van der Waals surface area contributed by atoms with E-state index in [0.717, 1.165) is 50.8 Å². The van der Waals surface area contributed by atoms with Gasteiger partial charge in [0, 0.05) is 17.4 Å². The van der Waals surface area contributed by atoms with Crippen molar-refractivity contribution in [1.82, 2.24) is 19.2 Å². The topological polar surface area (TPSA) is 55.1 Å². The summed E-state index contributed by atoms with van der Waals surface area (Å²) in [5.41, 5.74) is 8.03. The van der Waals surface area contributed by atoms with Gasteiger partial charge in [-0.3, -0.25) is 0 Å². The van der Waals surface area contributed by atoms with Gasteiger partial charge in [0.05, 0.1) is 29.7 Å². The Hall–Kier alpha value is -4.58. The molecule has 0 spiro atoms. The fourth-order valence-corrected chi connectivity index (χ4v) is 5.26. The molecule has 2 amide bonds. The number of carbonyl (C=O) groups excluding carboxylic acids is 1. The lowest BCUT2D eigenvalue weighted by molar-refractivity contribution is 0.194. The monoisotopic (exact) mass is 487 g/mol. The van der Waals surface area contributed by atoms with Gasteiger partial charge in [0.2, 0.25) is 0 Å². The number of fused-ring (bicyclic) bond motifs is 3. The molecule has 1 aliphatic rings. The van der Waals surface area contributed by atoms with Crippen molar-refractivity contribution in [3.63, 3.8) is 0 Å². The smallest absolute Gasteiger partial charge is 0.308 e. The lowest BCUT2D eigenvalue weighted by atomic mass is 10.00. The molecular weight excluding hydrogens is 458 g/mol. The second-order valence-corrected chi connectivity index (χ2v) is 9.68. The highest BCUT2D eigenvalue weighted by molar-refractivity contribution is 5.90. The number of amides is 2. The van der Waals surface area contributed by atoms with E-state index >= 15 is 0 Å². The Morgan fingerprint density at radius 1 is 0.865 bits per heavy atom. The van der Waals surface area contributed by atoms with Gasteiger partial charge in [0.25, 0.3) is 0 Å². The molecule has 0 saturated carbocycles. The largest absolute Gasteiger partial charge is 0.322 e. The highest BCUT2D eigenvalue weighted by Crippen LogP contribution is 2.39. The number of aryl methyl sites for hydroxylation is 3. The van der Waals surface area contributed by atoms with Gasteiger partial charge in [-0.25, -0.2) is 9.48 Å². The number of hydrogen-bond donors (Lipinski definition) is 1. The summed E-state index contributed by atoms with van der Waals surface area (Å²) in [5.74, 6) is 0.965. The van der Waals surface area contributed by atoms with Crippen LogP contribution < -0.4 is 5.32 Å². The molecule has 3 aromatic carbocycles. The molecule has 0 radical (unpaired) electrons. The van der Waals surface area contributed by atoms with Gasteiger partial charge in [-0.15, -0.1) is 0 Å². The summed E-state index contributed by atoms with van der Waals surface area (Å²) < 4.78 is 4.18. The van der Waals surface area contributed by atoms with Gasteiger partial charge >= 0.3 is 6.03 Å². The number of hydrogen-bond acceptors (Lipinski definition) is 2. The van der Waals surface area contributed by atoms with E-state index < -0.39 is 0 Å². The molecular formula is C31H29N5O. The first kappa shape index (κ1) is 22.9. The number of para-hydroxylation sites is 1. The summed E-state index contributed by atoms with van der Waals surface area (Å²) in [7, 11) is 0. The summed E-state index contributed by atoms with van der Waals surface area (Å²) in [5, 5.41) is 8.08. The van der Waals surface area contributed by atoms with Crippen LogP contribution >= 0.6 is 0 Å². The summed E-state index contributed by atoms with van der Waals surface area (Å²) in [6.07, 6.45) is 2.07. The lowest BCUT2D eigenvalue weighted by Gasteiger charge is -2.31. The molecule has 1 atom stereocenters. The maximum Gasteiger partial charge on any atom is 0.322 e. The first-order valence-corrected chi connectivity index (χ1v) is 12.5. The Kier molecular flexibility index (Phi) is 5.64. The minimum Gasteiger partial charge on any atom is -0.308 e. The number of benzene rings is 3. The number of urea groups is 1. The Bertz CT molecular complexity index is 1600.